The van der Waals surface area contributed by atoms with Crippen molar-refractivity contribution in [2.24, 2.45) is 0 Å². The predicted octanol–water partition coefficient (Wildman–Crippen LogP) is 2.78. The van der Waals surface area contributed by atoms with Gasteiger partial charge in [-0.15, -0.1) is 0 Å². The van der Waals surface area contributed by atoms with Crippen LogP contribution in [0.2, 0.25) is 0 Å². The van der Waals surface area contributed by atoms with E-state index in [1.54, 1.807) is 17.8 Å². The van der Waals surface area contributed by atoms with E-state index in [1.807, 2.05) is 18.3 Å². The van der Waals surface area contributed by atoms with Gasteiger partial charge in [-0.25, -0.2) is 4.52 Å². The van der Waals surface area contributed by atoms with Gasteiger partial charge < -0.3 is 10.1 Å². The molecule has 1 aliphatic rings. The molecule has 1 amide bonds. The highest BCUT2D eigenvalue weighted by Crippen LogP contribution is 2.22. The van der Waals surface area contributed by atoms with E-state index in [9.17, 15) is 4.79 Å². The summed E-state index contributed by atoms with van der Waals surface area (Å²) >= 11 is 3.43. The van der Waals surface area contributed by atoms with Gasteiger partial charge in [0.05, 0.1) is 23.4 Å². The number of nitrogens with zero attached hydrogens (tertiary/aromatic N) is 2. The van der Waals surface area contributed by atoms with E-state index in [-0.39, 0.29) is 11.9 Å². The van der Waals surface area contributed by atoms with E-state index in [1.165, 1.54) is 0 Å². The number of carbonyl (C=O) groups is 1. The molecule has 1 saturated carbocycles. The fourth-order valence-electron chi connectivity index (χ4n) is 2.84. The van der Waals surface area contributed by atoms with E-state index in [2.05, 4.69) is 26.3 Å². The monoisotopic (exact) mass is 351 g/mol. The fourth-order valence-corrected chi connectivity index (χ4v) is 3.17. The number of nitrogens with one attached hydrogen (secondary N) is 1. The molecule has 2 heterocycles. The number of aromatic nitrogens is 2. The first-order chi connectivity index (χ1) is 10.2. The predicted molar refractivity (Wildman–Crippen MR) is 83.4 cm³/mol. The van der Waals surface area contributed by atoms with E-state index >= 15 is 0 Å². The van der Waals surface area contributed by atoms with Gasteiger partial charge in [-0.1, -0.05) is 15.9 Å². The summed E-state index contributed by atoms with van der Waals surface area (Å²) in [5.41, 5.74) is 1.43. The second kappa shape index (κ2) is 6.15. The Morgan fingerprint density at radius 3 is 2.90 bits per heavy atom. The summed E-state index contributed by atoms with van der Waals surface area (Å²) in [5.74, 6) is -0.0519. The summed E-state index contributed by atoms with van der Waals surface area (Å²) in [5, 5.41) is 7.33. The third-order valence-corrected chi connectivity index (χ3v) is 4.56. The maximum Gasteiger partial charge on any atom is 0.255 e. The van der Waals surface area contributed by atoms with Crippen molar-refractivity contribution in [2.75, 3.05) is 7.11 Å². The van der Waals surface area contributed by atoms with Crippen LogP contribution < -0.4 is 5.32 Å². The van der Waals surface area contributed by atoms with Crippen molar-refractivity contribution >= 4 is 27.4 Å². The maximum absolute atomic E-state index is 12.4. The van der Waals surface area contributed by atoms with E-state index in [4.69, 9.17) is 4.74 Å². The molecule has 0 radical (unpaired) electrons. The lowest BCUT2D eigenvalue weighted by Crippen LogP contribution is -2.38. The molecule has 6 heteroatoms. The van der Waals surface area contributed by atoms with Crippen molar-refractivity contribution in [3.8, 4) is 0 Å². The number of rotatable bonds is 3. The maximum atomic E-state index is 12.4. The molecule has 0 aliphatic heterocycles. The van der Waals surface area contributed by atoms with Crippen molar-refractivity contribution in [2.45, 2.75) is 37.8 Å². The average molecular weight is 352 g/mol. The lowest BCUT2D eigenvalue weighted by molar-refractivity contribution is 0.0599. The van der Waals surface area contributed by atoms with Crippen LogP contribution in [0.15, 0.2) is 29.0 Å². The van der Waals surface area contributed by atoms with Crippen LogP contribution in [0.1, 0.15) is 36.0 Å². The molecule has 0 atom stereocenters. The van der Waals surface area contributed by atoms with Gasteiger partial charge in [0, 0.05) is 23.8 Å². The van der Waals surface area contributed by atoms with Crippen molar-refractivity contribution in [3.05, 3.63) is 34.6 Å². The fraction of sp³-hybridized carbons (Fsp3) is 0.467. The first kappa shape index (κ1) is 14.5. The summed E-state index contributed by atoms with van der Waals surface area (Å²) < 4.78 is 8.00. The zero-order valence-electron chi connectivity index (χ0n) is 11.9. The van der Waals surface area contributed by atoms with Crippen LogP contribution in [0.25, 0.3) is 5.52 Å². The first-order valence-corrected chi connectivity index (χ1v) is 7.93. The number of methoxy groups -OCH3 is 1. The van der Waals surface area contributed by atoms with Crippen LogP contribution >= 0.6 is 15.9 Å². The van der Waals surface area contributed by atoms with Crippen molar-refractivity contribution in [1.29, 1.82) is 0 Å². The molecule has 21 heavy (non-hydrogen) atoms. The summed E-state index contributed by atoms with van der Waals surface area (Å²) in [4.78, 5) is 12.4. The van der Waals surface area contributed by atoms with E-state index < -0.39 is 0 Å². The molecule has 2 aromatic rings. The third kappa shape index (κ3) is 3.11. The summed E-state index contributed by atoms with van der Waals surface area (Å²) in [6.45, 7) is 0. The summed E-state index contributed by atoms with van der Waals surface area (Å²) in [6, 6.07) is 4.03. The topological polar surface area (TPSA) is 55.6 Å². The lowest BCUT2D eigenvalue weighted by Gasteiger charge is -2.28. The highest BCUT2D eigenvalue weighted by Gasteiger charge is 2.23. The Bertz CT molecular complexity index is 647. The molecule has 1 aliphatic carbocycles. The van der Waals surface area contributed by atoms with Gasteiger partial charge in [0.2, 0.25) is 0 Å². The molecule has 0 bridgehead atoms. The quantitative estimate of drug-likeness (QED) is 0.924. The Morgan fingerprint density at radius 2 is 2.19 bits per heavy atom. The average Bonchev–Trinajstić information content (AvgIpc) is 2.91. The third-order valence-electron chi connectivity index (χ3n) is 4.07. The van der Waals surface area contributed by atoms with Crippen LogP contribution in [0.3, 0.4) is 0 Å². The van der Waals surface area contributed by atoms with Gasteiger partial charge in [0.15, 0.2) is 0 Å². The number of hydrogen-bond donors (Lipinski definition) is 1. The highest BCUT2D eigenvalue weighted by molar-refractivity contribution is 9.10. The molecule has 0 aromatic carbocycles. The molecule has 5 nitrogen and oxygen atoms in total. The molecular weight excluding hydrogens is 334 g/mol. The smallest absolute Gasteiger partial charge is 0.255 e. The molecule has 3 rings (SSSR count). The lowest BCUT2D eigenvalue weighted by atomic mass is 9.93. The summed E-state index contributed by atoms with van der Waals surface area (Å²) in [6.07, 6.45) is 7.73. The number of carbonyl (C=O) groups excluding carboxylic acids is 1. The molecule has 1 N–H and O–H groups in total. The van der Waals surface area contributed by atoms with Crippen molar-refractivity contribution in [1.82, 2.24) is 14.9 Å². The zero-order valence-corrected chi connectivity index (χ0v) is 13.5. The Morgan fingerprint density at radius 1 is 1.43 bits per heavy atom. The molecule has 0 saturated heterocycles. The van der Waals surface area contributed by atoms with Crippen LogP contribution in [0.4, 0.5) is 0 Å². The number of pyridine rings is 1. The minimum Gasteiger partial charge on any atom is -0.381 e. The number of fused-ring (bicyclic) bond motifs is 1. The van der Waals surface area contributed by atoms with Gasteiger partial charge in [0.1, 0.15) is 0 Å². The number of halogens is 1. The van der Waals surface area contributed by atoms with Crippen molar-refractivity contribution < 1.29 is 9.53 Å². The standard InChI is InChI=1S/C15H18BrN3O2/c1-21-12-4-2-11(3-5-12)18-15(20)13-9-17-19-7-6-10(16)8-14(13)19/h6-9,11-12H,2-5H2,1H3,(H,18,20). The SMILES string of the molecule is COC1CCC(NC(=O)c2cnn3ccc(Br)cc23)CC1. The van der Waals surface area contributed by atoms with Gasteiger partial charge in [-0.2, -0.15) is 5.10 Å². The van der Waals surface area contributed by atoms with Crippen LogP contribution in [0.5, 0.6) is 0 Å². The van der Waals surface area contributed by atoms with Gasteiger partial charge in [0.25, 0.3) is 5.91 Å². The largest absolute Gasteiger partial charge is 0.381 e. The van der Waals surface area contributed by atoms with Crippen LogP contribution in [-0.2, 0) is 4.74 Å². The minimum absolute atomic E-state index is 0.0519. The van der Waals surface area contributed by atoms with Crippen LogP contribution in [-0.4, -0.2) is 34.8 Å². The number of amides is 1. The number of hydrogen-bond acceptors (Lipinski definition) is 3. The van der Waals surface area contributed by atoms with Gasteiger partial charge in [-0.05, 0) is 37.8 Å². The summed E-state index contributed by atoms with van der Waals surface area (Å²) in [7, 11) is 1.75. The Labute approximate surface area is 131 Å². The molecule has 1 fully saturated rings. The van der Waals surface area contributed by atoms with E-state index in [0.717, 1.165) is 35.7 Å². The van der Waals surface area contributed by atoms with Gasteiger partial charge in [-0.3, -0.25) is 4.79 Å². The Hall–Kier alpha value is -1.40. The molecule has 0 unspecified atom stereocenters. The Kier molecular flexibility index (Phi) is 4.26. The molecule has 0 spiro atoms. The van der Waals surface area contributed by atoms with E-state index in [0.29, 0.717) is 11.7 Å². The van der Waals surface area contributed by atoms with Gasteiger partial charge >= 0.3 is 0 Å². The van der Waals surface area contributed by atoms with Crippen molar-refractivity contribution in [3.63, 3.8) is 0 Å². The molecule has 2 aromatic heterocycles. The second-order valence-corrected chi connectivity index (χ2v) is 6.33. The van der Waals surface area contributed by atoms with Crippen LogP contribution in [0, 0.1) is 0 Å². The second-order valence-electron chi connectivity index (χ2n) is 5.42. The number of ether oxygens (including phenoxy) is 1. The normalized spacial score (nSPS) is 22.4. The Balaban J connectivity index is 1.71. The molecule has 112 valence electrons. The molecular formula is C15H18BrN3O2. The zero-order chi connectivity index (χ0) is 14.8. The minimum atomic E-state index is -0.0519. The first-order valence-electron chi connectivity index (χ1n) is 7.14. The highest BCUT2D eigenvalue weighted by atomic mass is 79.9.